The number of rotatable bonds is 3. The second-order valence-corrected chi connectivity index (χ2v) is 4.91. The van der Waals surface area contributed by atoms with Gasteiger partial charge in [0.2, 0.25) is 0 Å². The van der Waals surface area contributed by atoms with Crippen LogP contribution in [0, 0.1) is 5.82 Å². The maximum atomic E-state index is 12.9. The van der Waals surface area contributed by atoms with Gasteiger partial charge in [0.15, 0.2) is 6.10 Å². The summed E-state index contributed by atoms with van der Waals surface area (Å²) < 4.78 is 18.3. The summed E-state index contributed by atoms with van der Waals surface area (Å²) in [6.07, 6.45) is -0.692. The van der Waals surface area contributed by atoms with Crippen molar-refractivity contribution >= 4 is 5.91 Å². The molecular formula is C13H16FNO3. The molecule has 0 spiro atoms. The summed E-state index contributed by atoms with van der Waals surface area (Å²) in [5.74, 6) is -0.284. The topological polar surface area (TPSA) is 49.8 Å². The lowest BCUT2D eigenvalue weighted by atomic mass is 9.96. The molecule has 1 aromatic carbocycles. The largest absolute Gasteiger partial charge is 0.481 e. The van der Waals surface area contributed by atoms with E-state index in [-0.39, 0.29) is 5.91 Å². The Balaban J connectivity index is 1.92. The summed E-state index contributed by atoms with van der Waals surface area (Å²) in [5.41, 5.74) is -0.797. The van der Waals surface area contributed by atoms with Gasteiger partial charge in [-0.15, -0.1) is 0 Å². The predicted octanol–water partition coefficient (Wildman–Crippen LogP) is 1.19. The van der Waals surface area contributed by atoms with Gasteiger partial charge in [0.25, 0.3) is 5.91 Å². The van der Waals surface area contributed by atoms with Gasteiger partial charge in [-0.2, -0.15) is 0 Å². The van der Waals surface area contributed by atoms with E-state index in [0.29, 0.717) is 18.8 Å². The second kappa shape index (κ2) is 4.57. The smallest absolute Gasteiger partial charge is 0.263 e. The molecule has 18 heavy (non-hydrogen) atoms. The highest BCUT2D eigenvalue weighted by Crippen LogP contribution is 2.22. The van der Waals surface area contributed by atoms with Gasteiger partial charge in [-0.3, -0.25) is 4.79 Å². The Kier molecular flexibility index (Phi) is 3.26. The first-order chi connectivity index (χ1) is 8.37. The van der Waals surface area contributed by atoms with Crippen LogP contribution in [-0.2, 0) is 4.79 Å². The van der Waals surface area contributed by atoms with E-state index in [1.165, 1.54) is 23.1 Å². The van der Waals surface area contributed by atoms with E-state index < -0.39 is 17.5 Å². The van der Waals surface area contributed by atoms with Gasteiger partial charge in [0, 0.05) is 6.07 Å². The SMILES string of the molecule is CC(Oc1cccc(F)c1)C(=O)N1CC(C)(O)C1. The third-order valence-electron chi connectivity index (χ3n) is 2.83. The fourth-order valence-corrected chi connectivity index (χ4v) is 1.98. The van der Waals surface area contributed by atoms with Crippen molar-refractivity contribution in [3.05, 3.63) is 30.1 Å². The standard InChI is InChI=1S/C13H16FNO3/c1-9(12(16)15-7-13(2,17)8-15)18-11-5-3-4-10(14)6-11/h3-6,9,17H,7-8H2,1-2H3. The van der Waals surface area contributed by atoms with E-state index >= 15 is 0 Å². The van der Waals surface area contributed by atoms with Crippen LogP contribution in [0.1, 0.15) is 13.8 Å². The minimum absolute atomic E-state index is 0.203. The molecule has 5 heteroatoms. The lowest BCUT2D eigenvalue weighted by molar-refractivity contribution is -0.158. The van der Waals surface area contributed by atoms with Gasteiger partial charge in [0.05, 0.1) is 18.7 Å². The van der Waals surface area contributed by atoms with Crippen LogP contribution >= 0.6 is 0 Å². The van der Waals surface area contributed by atoms with Gasteiger partial charge in [-0.05, 0) is 26.0 Å². The molecule has 1 heterocycles. The summed E-state index contributed by atoms with van der Waals surface area (Å²) in [6, 6.07) is 5.66. The second-order valence-electron chi connectivity index (χ2n) is 4.91. The van der Waals surface area contributed by atoms with Crippen molar-refractivity contribution in [2.24, 2.45) is 0 Å². The Morgan fingerprint density at radius 1 is 1.56 bits per heavy atom. The minimum Gasteiger partial charge on any atom is -0.481 e. The maximum absolute atomic E-state index is 12.9. The van der Waals surface area contributed by atoms with Crippen LogP contribution < -0.4 is 4.74 Å². The summed E-state index contributed by atoms with van der Waals surface area (Å²) in [7, 11) is 0. The molecule has 1 atom stereocenters. The van der Waals surface area contributed by atoms with Crippen molar-refractivity contribution in [1.29, 1.82) is 0 Å². The van der Waals surface area contributed by atoms with Crippen molar-refractivity contribution in [2.45, 2.75) is 25.6 Å². The molecule has 4 nitrogen and oxygen atoms in total. The monoisotopic (exact) mass is 253 g/mol. The van der Waals surface area contributed by atoms with Crippen LogP contribution in [0.15, 0.2) is 24.3 Å². The fraction of sp³-hybridized carbons (Fsp3) is 0.462. The molecule has 1 saturated heterocycles. The van der Waals surface area contributed by atoms with E-state index in [2.05, 4.69) is 0 Å². The molecule has 1 N–H and O–H groups in total. The molecule has 1 aromatic rings. The van der Waals surface area contributed by atoms with Crippen LogP contribution in [0.5, 0.6) is 5.75 Å². The zero-order valence-corrected chi connectivity index (χ0v) is 10.4. The van der Waals surface area contributed by atoms with Gasteiger partial charge >= 0.3 is 0 Å². The fourth-order valence-electron chi connectivity index (χ4n) is 1.98. The molecule has 0 aliphatic carbocycles. The molecule has 1 aliphatic heterocycles. The average molecular weight is 253 g/mol. The quantitative estimate of drug-likeness (QED) is 0.880. The lowest BCUT2D eigenvalue weighted by Crippen LogP contribution is -2.63. The molecule has 1 aliphatic rings. The highest BCUT2D eigenvalue weighted by Gasteiger charge is 2.41. The molecule has 0 radical (unpaired) electrons. The molecule has 98 valence electrons. The Morgan fingerprint density at radius 3 is 2.78 bits per heavy atom. The highest BCUT2D eigenvalue weighted by molar-refractivity contribution is 5.82. The number of ether oxygens (including phenoxy) is 1. The van der Waals surface area contributed by atoms with E-state index in [9.17, 15) is 14.3 Å². The molecule has 0 saturated carbocycles. The van der Waals surface area contributed by atoms with Crippen LogP contribution in [0.4, 0.5) is 4.39 Å². The van der Waals surface area contributed by atoms with Crippen molar-refractivity contribution in [2.75, 3.05) is 13.1 Å². The van der Waals surface area contributed by atoms with Gasteiger partial charge in [0.1, 0.15) is 11.6 Å². The maximum Gasteiger partial charge on any atom is 0.263 e. The van der Waals surface area contributed by atoms with Crippen molar-refractivity contribution < 1.29 is 19.0 Å². The number of nitrogens with zero attached hydrogens (tertiary/aromatic N) is 1. The van der Waals surface area contributed by atoms with Crippen LogP contribution in [0.3, 0.4) is 0 Å². The molecule has 1 fully saturated rings. The highest BCUT2D eigenvalue weighted by atomic mass is 19.1. The average Bonchev–Trinajstić information content (AvgIpc) is 2.24. The first-order valence-electron chi connectivity index (χ1n) is 5.81. The van der Waals surface area contributed by atoms with Crippen LogP contribution in [-0.4, -0.2) is 40.7 Å². The van der Waals surface area contributed by atoms with E-state index in [1.54, 1.807) is 19.9 Å². The number of halogens is 1. The summed E-state index contributed by atoms with van der Waals surface area (Å²) in [5, 5.41) is 9.56. The zero-order valence-electron chi connectivity index (χ0n) is 10.4. The van der Waals surface area contributed by atoms with Crippen molar-refractivity contribution in [3.8, 4) is 5.75 Å². The van der Waals surface area contributed by atoms with Crippen LogP contribution in [0.2, 0.25) is 0 Å². The first kappa shape index (κ1) is 12.8. The molecule has 1 amide bonds. The summed E-state index contributed by atoms with van der Waals surface area (Å²) >= 11 is 0. The number of hydrogen-bond donors (Lipinski definition) is 1. The van der Waals surface area contributed by atoms with Gasteiger partial charge in [-0.25, -0.2) is 4.39 Å². The number of β-amino-alcohol motifs (C(OH)–C–C–N with tert-alkyl or cyclic N) is 1. The third kappa shape index (κ3) is 2.79. The number of benzene rings is 1. The van der Waals surface area contributed by atoms with Crippen molar-refractivity contribution in [3.63, 3.8) is 0 Å². The number of likely N-dealkylation sites (tertiary alicyclic amines) is 1. The van der Waals surface area contributed by atoms with Gasteiger partial charge in [-0.1, -0.05) is 6.07 Å². The number of aliphatic hydroxyl groups is 1. The number of carbonyl (C=O) groups excluding carboxylic acids is 1. The first-order valence-corrected chi connectivity index (χ1v) is 5.81. The third-order valence-corrected chi connectivity index (χ3v) is 2.83. The van der Waals surface area contributed by atoms with E-state index in [4.69, 9.17) is 4.74 Å². The molecule has 2 rings (SSSR count). The molecule has 1 unspecified atom stereocenters. The van der Waals surface area contributed by atoms with Crippen LogP contribution in [0.25, 0.3) is 0 Å². The van der Waals surface area contributed by atoms with E-state index in [0.717, 1.165) is 0 Å². The Labute approximate surface area is 105 Å². The molecular weight excluding hydrogens is 237 g/mol. The van der Waals surface area contributed by atoms with E-state index in [1.807, 2.05) is 0 Å². The zero-order chi connectivity index (χ0) is 13.3. The normalized spacial score (nSPS) is 19.0. The Bertz CT molecular complexity index is 453. The number of amides is 1. The Hall–Kier alpha value is -1.62. The summed E-state index contributed by atoms with van der Waals surface area (Å²) in [6.45, 7) is 3.90. The number of carbonyl (C=O) groups is 1. The van der Waals surface area contributed by atoms with Crippen molar-refractivity contribution in [1.82, 2.24) is 4.90 Å². The predicted molar refractivity (Wildman–Crippen MR) is 63.7 cm³/mol. The molecule has 0 bridgehead atoms. The molecule has 0 aromatic heterocycles. The Morgan fingerprint density at radius 2 is 2.22 bits per heavy atom. The number of hydrogen-bond acceptors (Lipinski definition) is 3. The lowest BCUT2D eigenvalue weighted by Gasteiger charge is -2.44. The minimum atomic E-state index is -0.797. The summed E-state index contributed by atoms with van der Waals surface area (Å²) in [4.78, 5) is 13.4. The van der Waals surface area contributed by atoms with Gasteiger partial charge < -0.3 is 14.7 Å².